The molecule has 0 saturated heterocycles. The number of carbonyl (C=O) groups excluding carboxylic acids is 1. The van der Waals surface area contributed by atoms with Gasteiger partial charge in [0.25, 0.3) is 0 Å². The van der Waals surface area contributed by atoms with Gasteiger partial charge in [-0.15, -0.1) is 11.3 Å². The van der Waals surface area contributed by atoms with E-state index in [1.807, 2.05) is 27.1 Å². The minimum atomic E-state index is -0.397. The lowest BCUT2D eigenvalue weighted by Gasteiger charge is -1.93. The third-order valence-electron chi connectivity index (χ3n) is 2.42. The molecule has 2 aromatic heterocycles. The molecule has 0 amide bonds. The number of hydrogen-bond acceptors (Lipinski definition) is 5. The van der Waals surface area contributed by atoms with Crippen molar-refractivity contribution in [1.29, 1.82) is 0 Å². The maximum absolute atomic E-state index is 11.5. The maximum Gasteiger partial charge on any atom is 0.357 e. The van der Waals surface area contributed by atoms with Crippen LogP contribution in [0.25, 0.3) is 10.6 Å². The van der Waals surface area contributed by atoms with E-state index >= 15 is 0 Å². The van der Waals surface area contributed by atoms with Crippen molar-refractivity contribution >= 4 is 17.3 Å². The van der Waals surface area contributed by atoms with Gasteiger partial charge in [0, 0.05) is 18.1 Å². The second kappa shape index (κ2) is 4.29. The fraction of sp³-hybridized carbons (Fsp3) is 0.364. The van der Waals surface area contributed by atoms with Gasteiger partial charge >= 0.3 is 5.97 Å². The van der Waals surface area contributed by atoms with E-state index in [1.165, 1.54) is 18.4 Å². The van der Waals surface area contributed by atoms with Gasteiger partial charge in [-0.1, -0.05) is 0 Å². The molecule has 2 rings (SSSR count). The highest BCUT2D eigenvalue weighted by Gasteiger charge is 2.18. The molecule has 0 aliphatic carbocycles. The largest absolute Gasteiger partial charge is 0.464 e. The normalized spacial score (nSPS) is 10.6. The molecule has 6 heteroatoms. The second-order valence-electron chi connectivity index (χ2n) is 3.72. The standard InChI is InChI=1S/C11H13N3O2S/c1-6-8(5-14(3)13-6)10-12-9(7(2)17-10)11(15)16-4/h5H,1-4H3. The molecule has 2 heterocycles. The van der Waals surface area contributed by atoms with Crippen molar-refractivity contribution in [3.8, 4) is 10.6 Å². The minimum absolute atomic E-state index is 0.385. The Morgan fingerprint density at radius 2 is 2.18 bits per heavy atom. The van der Waals surface area contributed by atoms with Gasteiger partial charge in [-0.2, -0.15) is 5.10 Å². The molecule has 0 aliphatic heterocycles. The van der Waals surface area contributed by atoms with Crippen LogP contribution in [-0.2, 0) is 11.8 Å². The Hall–Kier alpha value is -1.69. The molecule has 0 unspecified atom stereocenters. The molecule has 17 heavy (non-hydrogen) atoms. The van der Waals surface area contributed by atoms with E-state index in [1.54, 1.807) is 4.68 Å². The number of nitrogens with zero attached hydrogens (tertiary/aromatic N) is 3. The van der Waals surface area contributed by atoms with Crippen LogP contribution in [0.15, 0.2) is 6.20 Å². The highest BCUT2D eigenvalue weighted by atomic mass is 32.1. The topological polar surface area (TPSA) is 57.0 Å². The van der Waals surface area contributed by atoms with E-state index in [-0.39, 0.29) is 0 Å². The first-order valence-electron chi connectivity index (χ1n) is 5.09. The molecule has 5 nitrogen and oxygen atoms in total. The molecule has 90 valence electrons. The van der Waals surface area contributed by atoms with E-state index in [9.17, 15) is 4.79 Å². The zero-order valence-corrected chi connectivity index (χ0v) is 11.0. The summed E-state index contributed by atoms with van der Waals surface area (Å²) in [6.45, 7) is 3.78. The molecular weight excluding hydrogens is 238 g/mol. The van der Waals surface area contributed by atoms with Crippen LogP contribution in [0.4, 0.5) is 0 Å². The van der Waals surface area contributed by atoms with Crippen LogP contribution >= 0.6 is 11.3 Å². The lowest BCUT2D eigenvalue weighted by molar-refractivity contribution is 0.0594. The summed E-state index contributed by atoms with van der Waals surface area (Å²) in [6.07, 6.45) is 1.90. The monoisotopic (exact) mass is 251 g/mol. The van der Waals surface area contributed by atoms with Crippen molar-refractivity contribution in [2.45, 2.75) is 13.8 Å². The Bertz CT molecular complexity index is 571. The lowest BCUT2D eigenvalue weighted by atomic mass is 10.3. The Morgan fingerprint density at radius 3 is 2.71 bits per heavy atom. The van der Waals surface area contributed by atoms with Crippen molar-refractivity contribution in [3.63, 3.8) is 0 Å². The van der Waals surface area contributed by atoms with Crippen LogP contribution in [0.1, 0.15) is 21.1 Å². The number of methoxy groups -OCH3 is 1. The summed E-state index contributed by atoms with van der Waals surface area (Å²) in [4.78, 5) is 16.6. The lowest BCUT2D eigenvalue weighted by Crippen LogP contribution is -2.03. The molecule has 0 atom stereocenters. The summed E-state index contributed by atoms with van der Waals surface area (Å²) in [5.41, 5.74) is 2.24. The summed E-state index contributed by atoms with van der Waals surface area (Å²) in [5, 5.41) is 5.06. The van der Waals surface area contributed by atoms with E-state index in [0.717, 1.165) is 21.1 Å². The fourth-order valence-electron chi connectivity index (χ4n) is 1.61. The van der Waals surface area contributed by atoms with Crippen LogP contribution in [0, 0.1) is 13.8 Å². The van der Waals surface area contributed by atoms with Gasteiger partial charge in [0.05, 0.1) is 18.4 Å². The highest BCUT2D eigenvalue weighted by Crippen LogP contribution is 2.29. The average Bonchev–Trinajstić information content (AvgIpc) is 2.80. The predicted molar refractivity (Wildman–Crippen MR) is 65.1 cm³/mol. The van der Waals surface area contributed by atoms with Gasteiger partial charge in [-0.05, 0) is 13.8 Å². The highest BCUT2D eigenvalue weighted by molar-refractivity contribution is 7.15. The fourth-order valence-corrected chi connectivity index (χ4v) is 2.57. The number of esters is 1. The average molecular weight is 251 g/mol. The molecule has 0 aromatic carbocycles. The van der Waals surface area contributed by atoms with Crippen molar-refractivity contribution < 1.29 is 9.53 Å². The SMILES string of the molecule is COC(=O)c1nc(-c2cn(C)nc2C)sc1C. The van der Waals surface area contributed by atoms with Crippen molar-refractivity contribution in [1.82, 2.24) is 14.8 Å². The van der Waals surface area contributed by atoms with Gasteiger partial charge in [0.15, 0.2) is 5.69 Å². The Balaban J connectivity index is 2.48. The molecule has 0 radical (unpaired) electrons. The number of rotatable bonds is 2. The van der Waals surface area contributed by atoms with Gasteiger partial charge in [-0.25, -0.2) is 9.78 Å². The first kappa shape index (κ1) is 11.8. The van der Waals surface area contributed by atoms with E-state index in [4.69, 9.17) is 0 Å². The number of ether oxygens (including phenoxy) is 1. The smallest absolute Gasteiger partial charge is 0.357 e. The van der Waals surface area contributed by atoms with Crippen molar-refractivity contribution in [3.05, 3.63) is 22.5 Å². The summed E-state index contributed by atoms with van der Waals surface area (Å²) < 4.78 is 6.42. The Labute approximate surface area is 103 Å². The molecule has 0 spiro atoms. The van der Waals surface area contributed by atoms with Gasteiger partial charge < -0.3 is 4.74 Å². The van der Waals surface area contributed by atoms with Crippen molar-refractivity contribution in [2.75, 3.05) is 7.11 Å². The Morgan fingerprint density at radius 1 is 1.47 bits per heavy atom. The first-order valence-corrected chi connectivity index (χ1v) is 5.91. The van der Waals surface area contributed by atoms with Crippen LogP contribution in [-0.4, -0.2) is 27.8 Å². The molecule has 0 saturated carbocycles. The number of aromatic nitrogens is 3. The minimum Gasteiger partial charge on any atom is -0.464 e. The summed E-state index contributed by atoms with van der Waals surface area (Å²) >= 11 is 1.47. The van der Waals surface area contributed by atoms with E-state index in [2.05, 4.69) is 14.8 Å². The molecular formula is C11H13N3O2S. The second-order valence-corrected chi connectivity index (χ2v) is 4.92. The van der Waals surface area contributed by atoms with E-state index in [0.29, 0.717) is 5.69 Å². The first-order chi connectivity index (χ1) is 8.02. The molecule has 0 fully saturated rings. The maximum atomic E-state index is 11.5. The summed E-state index contributed by atoms with van der Waals surface area (Å²) in [6, 6.07) is 0. The quantitative estimate of drug-likeness (QED) is 0.765. The van der Waals surface area contributed by atoms with Gasteiger partial charge in [0.2, 0.25) is 0 Å². The van der Waals surface area contributed by atoms with Gasteiger partial charge in [0.1, 0.15) is 5.01 Å². The van der Waals surface area contributed by atoms with Gasteiger partial charge in [-0.3, -0.25) is 4.68 Å². The molecule has 0 bridgehead atoms. The molecule has 0 N–H and O–H groups in total. The summed E-state index contributed by atoms with van der Waals surface area (Å²) in [7, 11) is 3.22. The van der Waals surface area contributed by atoms with Crippen LogP contribution in [0.3, 0.4) is 0 Å². The van der Waals surface area contributed by atoms with Crippen LogP contribution in [0.5, 0.6) is 0 Å². The number of thiazole rings is 1. The van der Waals surface area contributed by atoms with Crippen molar-refractivity contribution in [2.24, 2.45) is 7.05 Å². The van der Waals surface area contributed by atoms with E-state index < -0.39 is 5.97 Å². The predicted octanol–water partition coefficient (Wildman–Crippen LogP) is 1.95. The number of hydrogen-bond donors (Lipinski definition) is 0. The Kier molecular flexibility index (Phi) is 2.97. The summed E-state index contributed by atoms with van der Waals surface area (Å²) in [5.74, 6) is -0.397. The molecule has 0 aliphatic rings. The number of carbonyl (C=O) groups is 1. The third-order valence-corrected chi connectivity index (χ3v) is 3.42. The van der Waals surface area contributed by atoms with Crippen LogP contribution < -0.4 is 0 Å². The number of aryl methyl sites for hydroxylation is 3. The zero-order valence-electron chi connectivity index (χ0n) is 10.1. The molecule has 2 aromatic rings. The third kappa shape index (κ3) is 2.08. The van der Waals surface area contributed by atoms with Crippen LogP contribution in [0.2, 0.25) is 0 Å². The zero-order chi connectivity index (χ0) is 12.6.